The second kappa shape index (κ2) is 6.65. The number of carboxylic acid groups (broad SMARTS) is 2. The van der Waals surface area contributed by atoms with Gasteiger partial charge in [-0.25, -0.2) is 9.89 Å². The number of tetrazole rings is 1. The van der Waals surface area contributed by atoms with Gasteiger partial charge in [0.1, 0.15) is 17.1 Å². The van der Waals surface area contributed by atoms with Crippen LogP contribution in [0.4, 0.5) is 0 Å². The molecule has 1 aromatic heterocycles. The smallest absolute Gasteiger partial charge is 0.352 e. The van der Waals surface area contributed by atoms with Gasteiger partial charge in [0.2, 0.25) is 11.1 Å². The van der Waals surface area contributed by atoms with Gasteiger partial charge in [-0.2, -0.15) is 0 Å². The Kier molecular flexibility index (Phi) is 4.71. The van der Waals surface area contributed by atoms with Crippen LogP contribution >= 0.6 is 23.5 Å². The maximum absolute atomic E-state index is 12.0. The van der Waals surface area contributed by atoms with Gasteiger partial charge in [-0.15, -0.1) is 16.9 Å². The zero-order valence-corrected chi connectivity index (χ0v) is 14.5. The second-order valence-corrected chi connectivity index (χ2v) is 7.72. The fourth-order valence-electron chi connectivity index (χ4n) is 2.68. The van der Waals surface area contributed by atoms with E-state index in [2.05, 4.69) is 20.6 Å². The summed E-state index contributed by atoms with van der Waals surface area (Å²) in [6, 6.07) is -0.748. The van der Waals surface area contributed by atoms with Gasteiger partial charge in [0.15, 0.2) is 0 Å². The van der Waals surface area contributed by atoms with Crippen molar-refractivity contribution in [2.45, 2.75) is 28.7 Å². The lowest BCUT2D eigenvalue weighted by Crippen LogP contribution is -2.68. The first kappa shape index (κ1) is 17.7. The van der Waals surface area contributed by atoms with E-state index in [-0.39, 0.29) is 16.6 Å². The number of nitrogens with zero attached hydrogens (tertiary/aromatic N) is 4. The lowest BCUT2D eigenvalue weighted by atomic mass is 9.96. The van der Waals surface area contributed by atoms with Crippen molar-refractivity contribution in [2.24, 2.45) is 11.7 Å². The molecule has 0 aromatic carbocycles. The molecule has 2 aliphatic heterocycles. The number of H-pyrrole nitrogens is 1. The van der Waals surface area contributed by atoms with Gasteiger partial charge < -0.3 is 15.9 Å². The number of amides is 1. The highest BCUT2D eigenvalue weighted by Crippen LogP contribution is 2.44. The first-order valence-corrected chi connectivity index (χ1v) is 9.05. The van der Waals surface area contributed by atoms with Crippen molar-refractivity contribution in [1.82, 2.24) is 25.5 Å². The molecule has 3 rings (SSSR count). The van der Waals surface area contributed by atoms with Gasteiger partial charge in [-0.3, -0.25) is 14.5 Å². The average molecular weight is 386 g/mol. The molecule has 3 unspecified atom stereocenters. The molecule has 0 radical (unpaired) electrons. The number of nitrogens with two attached hydrogens (primary N) is 1. The summed E-state index contributed by atoms with van der Waals surface area (Å²) in [4.78, 5) is 36.5. The van der Waals surface area contributed by atoms with Gasteiger partial charge in [0, 0.05) is 11.0 Å². The van der Waals surface area contributed by atoms with E-state index >= 15 is 0 Å². The molecule has 1 amide bonds. The third-order valence-corrected chi connectivity index (χ3v) is 6.66. The van der Waals surface area contributed by atoms with Crippen LogP contribution in [0.15, 0.2) is 16.4 Å². The summed E-state index contributed by atoms with van der Waals surface area (Å²) >= 11 is 2.33. The maximum Gasteiger partial charge on any atom is 0.352 e. The molecule has 11 nitrogen and oxygen atoms in total. The predicted molar refractivity (Wildman–Crippen MR) is 86.4 cm³/mol. The van der Waals surface area contributed by atoms with Crippen LogP contribution in [-0.4, -0.2) is 76.0 Å². The molecule has 1 aromatic rings. The number of aliphatic carboxylic acids is 2. The van der Waals surface area contributed by atoms with Crippen molar-refractivity contribution in [3.8, 4) is 0 Å². The van der Waals surface area contributed by atoms with E-state index in [0.29, 0.717) is 5.57 Å². The summed E-state index contributed by atoms with van der Waals surface area (Å²) in [7, 11) is 0. The van der Waals surface area contributed by atoms with E-state index in [1.807, 2.05) is 0 Å². The monoisotopic (exact) mass is 386 g/mol. The molecule has 0 aliphatic carbocycles. The van der Waals surface area contributed by atoms with Gasteiger partial charge in [0.25, 0.3) is 0 Å². The normalized spacial score (nSPS) is 25.2. The number of nitrogens with one attached hydrogen (secondary N) is 1. The standard InChI is InChI=1S/C12H14N6O5S2/c1-3(10(20)21)7(25-12-14-16-17-15-12)4-2-24-9-5(13)8(19)18(9)6(4)11(22)23/h3,5,7,9H,2,13H2,1H3,(H,20,21)(H,22,23)(H,14,15,16,17)/t3?,5?,7?,9-/m1/s1. The van der Waals surface area contributed by atoms with Crippen LogP contribution < -0.4 is 5.73 Å². The Hall–Kier alpha value is -2.12. The van der Waals surface area contributed by atoms with Gasteiger partial charge in [-0.1, -0.05) is 18.7 Å². The fraction of sp³-hybridized carbons (Fsp3) is 0.500. The Bertz CT molecular complexity index is 753. The van der Waals surface area contributed by atoms with Crippen LogP contribution in [0.3, 0.4) is 0 Å². The molecule has 1 saturated heterocycles. The van der Waals surface area contributed by atoms with Gasteiger partial charge in [0.05, 0.1) is 5.92 Å². The second-order valence-electron chi connectivity index (χ2n) is 5.49. The molecule has 13 heteroatoms. The Morgan fingerprint density at radius 1 is 1.48 bits per heavy atom. The molecule has 0 bridgehead atoms. The maximum atomic E-state index is 12.0. The number of hydrogen-bond donors (Lipinski definition) is 4. The van der Waals surface area contributed by atoms with Crippen LogP contribution in [0.2, 0.25) is 0 Å². The number of aromatic nitrogens is 4. The van der Waals surface area contributed by atoms with E-state index in [4.69, 9.17) is 5.73 Å². The third-order valence-electron chi connectivity index (χ3n) is 3.99. The minimum Gasteiger partial charge on any atom is -0.481 e. The molecular formula is C12H14N6O5S2. The summed E-state index contributed by atoms with van der Waals surface area (Å²) < 4.78 is 0. The number of β-lactam (4-membered cyclic amide) rings is 1. The number of aromatic amines is 1. The van der Waals surface area contributed by atoms with E-state index < -0.39 is 40.4 Å². The molecule has 0 saturated carbocycles. The number of fused-ring (bicyclic) bond motifs is 1. The Balaban J connectivity index is 2.04. The Morgan fingerprint density at radius 3 is 2.76 bits per heavy atom. The van der Waals surface area contributed by atoms with Gasteiger partial charge >= 0.3 is 11.9 Å². The highest BCUT2D eigenvalue weighted by molar-refractivity contribution is 8.01. The van der Waals surface area contributed by atoms with E-state index in [0.717, 1.165) is 16.7 Å². The minimum atomic E-state index is -1.29. The van der Waals surface area contributed by atoms with Crippen molar-refractivity contribution in [3.05, 3.63) is 11.3 Å². The molecule has 0 spiro atoms. The minimum absolute atomic E-state index is 0.200. The van der Waals surface area contributed by atoms with Crippen LogP contribution in [0.1, 0.15) is 6.92 Å². The van der Waals surface area contributed by atoms with Crippen LogP contribution in [0.5, 0.6) is 0 Å². The summed E-state index contributed by atoms with van der Waals surface area (Å²) in [6.07, 6.45) is 0. The quantitative estimate of drug-likeness (QED) is 0.347. The molecule has 3 heterocycles. The van der Waals surface area contributed by atoms with Crippen molar-refractivity contribution >= 4 is 41.4 Å². The van der Waals surface area contributed by atoms with Crippen LogP contribution in [0, 0.1) is 5.92 Å². The SMILES string of the molecule is CC(C(=O)O)C(Sc1nnn[nH]1)C1=C(C(=O)O)N2C(=O)C(N)[C@H]2SC1. The molecule has 134 valence electrons. The zero-order valence-electron chi connectivity index (χ0n) is 12.8. The first-order chi connectivity index (χ1) is 11.8. The van der Waals surface area contributed by atoms with Crippen molar-refractivity contribution < 1.29 is 24.6 Å². The summed E-state index contributed by atoms with van der Waals surface area (Å²) in [6.45, 7) is 1.47. The van der Waals surface area contributed by atoms with E-state index in [1.165, 1.54) is 18.7 Å². The van der Waals surface area contributed by atoms with E-state index in [1.54, 1.807) is 0 Å². The average Bonchev–Trinajstić information content (AvgIpc) is 3.10. The van der Waals surface area contributed by atoms with Crippen molar-refractivity contribution in [2.75, 3.05) is 5.75 Å². The highest BCUT2D eigenvalue weighted by atomic mass is 32.2. The molecular weight excluding hydrogens is 372 g/mol. The summed E-state index contributed by atoms with van der Waals surface area (Å²) in [5, 5.41) is 31.2. The Morgan fingerprint density at radius 2 is 2.20 bits per heavy atom. The number of hydrogen-bond acceptors (Lipinski definition) is 9. The third kappa shape index (κ3) is 2.98. The predicted octanol–water partition coefficient (Wildman–Crippen LogP) is -1.04. The molecule has 25 heavy (non-hydrogen) atoms. The number of carboxylic acids is 2. The van der Waals surface area contributed by atoms with Crippen LogP contribution in [-0.2, 0) is 14.4 Å². The lowest BCUT2D eigenvalue weighted by Gasteiger charge is -2.48. The topological polar surface area (TPSA) is 175 Å². The van der Waals surface area contributed by atoms with Crippen molar-refractivity contribution in [3.63, 3.8) is 0 Å². The molecule has 4 atom stereocenters. The lowest BCUT2D eigenvalue weighted by molar-refractivity contribution is -0.148. The van der Waals surface area contributed by atoms with Crippen LogP contribution in [0.25, 0.3) is 0 Å². The van der Waals surface area contributed by atoms with E-state index in [9.17, 15) is 24.6 Å². The largest absolute Gasteiger partial charge is 0.481 e. The number of rotatable bonds is 6. The highest BCUT2D eigenvalue weighted by Gasteiger charge is 2.53. The number of thioether (sulfide) groups is 2. The molecule has 2 aliphatic rings. The fourth-order valence-corrected chi connectivity index (χ4v) is 5.21. The van der Waals surface area contributed by atoms with Crippen molar-refractivity contribution in [1.29, 1.82) is 0 Å². The first-order valence-electron chi connectivity index (χ1n) is 7.12. The number of carbonyl (C=O) groups is 3. The molecule has 5 N–H and O–H groups in total. The Labute approximate surface area is 149 Å². The van der Waals surface area contributed by atoms with Gasteiger partial charge in [-0.05, 0) is 16.0 Å². The summed E-state index contributed by atoms with van der Waals surface area (Å²) in [5.74, 6) is -3.55. The summed E-state index contributed by atoms with van der Waals surface area (Å²) in [5.41, 5.74) is 5.86. The molecule has 1 fully saturated rings. The number of carbonyl (C=O) groups excluding carboxylic acids is 1. The zero-order chi connectivity index (χ0) is 18.3.